The molecule has 0 heterocycles. The fourth-order valence-electron chi connectivity index (χ4n) is 1.30. The van der Waals surface area contributed by atoms with Gasteiger partial charge in [-0.25, -0.2) is 0 Å². The summed E-state index contributed by atoms with van der Waals surface area (Å²) in [4.78, 5) is 10.2. The van der Waals surface area contributed by atoms with E-state index >= 15 is 0 Å². The van der Waals surface area contributed by atoms with Crippen LogP contribution in [0.25, 0.3) is 0 Å². The Hall–Kier alpha value is -1.62. The van der Waals surface area contributed by atoms with Crippen molar-refractivity contribution in [2.24, 2.45) is 0 Å². The molecule has 0 aliphatic heterocycles. The van der Waals surface area contributed by atoms with E-state index in [9.17, 15) is 10.1 Å². The van der Waals surface area contributed by atoms with Crippen LogP contribution in [0.3, 0.4) is 0 Å². The molecule has 1 rings (SSSR count). The highest BCUT2D eigenvalue weighted by Gasteiger charge is 2.07. The molecular weight excluding hydrogens is 194 g/mol. The highest BCUT2D eigenvalue weighted by molar-refractivity contribution is 5.53. The number of likely N-dealkylation sites (N-methyl/N-ethyl adjacent to an activating group) is 1. The average Bonchev–Trinajstić information content (AvgIpc) is 2.17. The topological polar surface area (TPSA) is 67.2 Å². The molecular formula is C10H15N3O2. The monoisotopic (exact) mass is 209 g/mol. The zero-order valence-corrected chi connectivity index (χ0v) is 8.91. The van der Waals surface area contributed by atoms with Crippen LogP contribution in [-0.2, 0) is 0 Å². The lowest BCUT2D eigenvalue weighted by atomic mass is 10.2. The van der Waals surface area contributed by atoms with Crippen molar-refractivity contribution in [1.82, 2.24) is 5.32 Å². The maximum Gasteiger partial charge on any atom is 0.271 e. The van der Waals surface area contributed by atoms with Gasteiger partial charge in [-0.1, -0.05) is 0 Å². The van der Waals surface area contributed by atoms with E-state index in [0.717, 1.165) is 24.3 Å². The van der Waals surface area contributed by atoms with Gasteiger partial charge in [-0.3, -0.25) is 10.1 Å². The van der Waals surface area contributed by atoms with Gasteiger partial charge < -0.3 is 10.6 Å². The molecule has 0 aliphatic carbocycles. The molecule has 0 aliphatic rings. The Morgan fingerprint density at radius 3 is 2.67 bits per heavy atom. The molecule has 5 heteroatoms. The first-order valence-electron chi connectivity index (χ1n) is 4.78. The summed E-state index contributed by atoms with van der Waals surface area (Å²) in [6.07, 6.45) is 0. The van der Waals surface area contributed by atoms with Gasteiger partial charge in [-0.15, -0.1) is 0 Å². The summed E-state index contributed by atoms with van der Waals surface area (Å²) in [6, 6.07) is 4.99. The molecule has 0 amide bonds. The maximum absolute atomic E-state index is 10.6. The SMILES string of the molecule is CNCCNc1cc(C)cc([N+](=O)[O-])c1. The smallest absolute Gasteiger partial charge is 0.271 e. The fraction of sp³-hybridized carbons (Fsp3) is 0.400. The van der Waals surface area contributed by atoms with E-state index in [2.05, 4.69) is 10.6 Å². The third-order valence-electron chi connectivity index (χ3n) is 1.98. The normalized spacial score (nSPS) is 10.0. The molecule has 0 radical (unpaired) electrons. The molecule has 0 unspecified atom stereocenters. The summed E-state index contributed by atoms with van der Waals surface area (Å²) in [5.74, 6) is 0. The van der Waals surface area contributed by atoms with E-state index in [4.69, 9.17) is 0 Å². The first-order chi connectivity index (χ1) is 7.13. The number of nitrogens with zero attached hydrogens (tertiary/aromatic N) is 1. The van der Waals surface area contributed by atoms with Crippen LogP contribution in [0.5, 0.6) is 0 Å². The minimum atomic E-state index is -0.379. The van der Waals surface area contributed by atoms with Crippen molar-refractivity contribution in [2.45, 2.75) is 6.92 Å². The minimum Gasteiger partial charge on any atom is -0.384 e. The molecule has 82 valence electrons. The van der Waals surface area contributed by atoms with Crippen LogP contribution in [0.15, 0.2) is 18.2 Å². The average molecular weight is 209 g/mol. The van der Waals surface area contributed by atoms with Gasteiger partial charge in [0.1, 0.15) is 0 Å². The number of nitro benzene ring substituents is 1. The Morgan fingerprint density at radius 1 is 1.33 bits per heavy atom. The van der Waals surface area contributed by atoms with Crippen molar-refractivity contribution in [3.63, 3.8) is 0 Å². The van der Waals surface area contributed by atoms with E-state index < -0.39 is 0 Å². The summed E-state index contributed by atoms with van der Waals surface area (Å²) in [5.41, 5.74) is 1.80. The van der Waals surface area contributed by atoms with Crippen LogP contribution in [0, 0.1) is 17.0 Å². The fourth-order valence-corrected chi connectivity index (χ4v) is 1.30. The van der Waals surface area contributed by atoms with E-state index in [1.54, 1.807) is 12.1 Å². The van der Waals surface area contributed by atoms with E-state index in [-0.39, 0.29) is 10.6 Å². The van der Waals surface area contributed by atoms with Crippen molar-refractivity contribution in [1.29, 1.82) is 0 Å². The lowest BCUT2D eigenvalue weighted by Gasteiger charge is -2.06. The standard InChI is InChI=1S/C10H15N3O2/c1-8-5-9(12-4-3-11-2)7-10(6-8)13(14)15/h5-7,11-12H,3-4H2,1-2H3. The molecule has 5 nitrogen and oxygen atoms in total. The van der Waals surface area contributed by atoms with Crippen molar-refractivity contribution in [3.05, 3.63) is 33.9 Å². The van der Waals surface area contributed by atoms with Crippen LogP contribution in [0.2, 0.25) is 0 Å². The maximum atomic E-state index is 10.6. The quantitative estimate of drug-likeness (QED) is 0.438. The van der Waals surface area contributed by atoms with Crippen molar-refractivity contribution in [3.8, 4) is 0 Å². The van der Waals surface area contributed by atoms with Crippen LogP contribution >= 0.6 is 0 Å². The number of anilines is 1. The lowest BCUT2D eigenvalue weighted by Crippen LogP contribution is -2.17. The van der Waals surface area contributed by atoms with Crippen LogP contribution < -0.4 is 10.6 Å². The second kappa shape index (κ2) is 5.31. The number of hydrogen-bond donors (Lipinski definition) is 2. The highest BCUT2D eigenvalue weighted by Crippen LogP contribution is 2.19. The Bertz CT molecular complexity index is 353. The predicted molar refractivity (Wildman–Crippen MR) is 60.2 cm³/mol. The van der Waals surface area contributed by atoms with Gasteiger partial charge in [-0.2, -0.15) is 0 Å². The van der Waals surface area contributed by atoms with Crippen molar-refractivity contribution < 1.29 is 4.92 Å². The van der Waals surface area contributed by atoms with E-state index in [1.807, 2.05) is 20.0 Å². The van der Waals surface area contributed by atoms with Crippen molar-refractivity contribution in [2.75, 3.05) is 25.5 Å². The Labute approximate surface area is 88.6 Å². The predicted octanol–water partition coefficient (Wildman–Crippen LogP) is 1.53. The molecule has 0 bridgehead atoms. The molecule has 2 N–H and O–H groups in total. The first-order valence-corrected chi connectivity index (χ1v) is 4.78. The van der Waals surface area contributed by atoms with Crippen LogP contribution in [-0.4, -0.2) is 25.1 Å². The number of hydrogen-bond acceptors (Lipinski definition) is 4. The van der Waals surface area contributed by atoms with E-state index in [1.165, 1.54) is 0 Å². The number of aryl methyl sites for hydroxylation is 1. The molecule has 0 saturated heterocycles. The summed E-state index contributed by atoms with van der Waals surface area (Å²) in [6.45, 7) is 3.41. The third-order valence-corrected chi connectivity index (χ3v) is 1.98. The molecule has 1 aromatic rings. The largest absolute Gasteiger partial charge is 0.384 e. The summed E-state index contributed by atoms with van der Waals surface area (Å²) < 4.78 is 0. The number of rotatable bonds is 5. The van der Waals surface area contributed by atoms with Gasteiger partial charge in [0.25, 0.3) is 5.69 Å². The zero-order chi connectivity index (χ0) is 11.3. The Balaban J connectivity index is 2.75. The molecule has 1 aromatic carbocycles. The second-order valence-electron chi connectivity index (χ2n) is 3.34. The molecule has 15 heavy (non-hydrogen) atoms. The molecule has 0 saturated carbocycles. The van der Waals surface area contributed by atoms with Crippen LogP contribution in [0.1, 0.15) is 5.56 Å². The molecule has 0 fully saturated rings. The third kappa shape index (κ3) is 3.55. The zero-order valence-electron chi connectivity index (χ0n) is 8.91. The van der Waals surface area contributed by atoms with Gasteiger partial charge in [0, 0.05) is 30.9 Å². The Morgan fingerprint density at radius 2 is 2.07 bits per heavy atom. The Kier molecular flexibility index (Phi) is 4.05. The molecule has 0 spiro atoms. The van der Waals surface area contributed by atoms with Gasteiger partial charge in [0.05, 0.1) is 4.92 Å². The number of nitro groups is 1. The summed E-state index contributed by atoms with van der Waals surface area (Å²) in [5, 5.41) is 16.7. The first kappa shape index (κ1) is 11.5. The van der Waals surface area contributed by atoms with Gasteiger partial charge in [-0.05, 0) is 25.6 Å². The number of non-ortho nitro benzene ring substituents is 1. The summed E-state index contributed by atoms with van der Waals surface area (Å²) >= 11 is 0. The number of nitrogens with one attached hydrogen (secondary N) is 2. The van der Waals surface area contributed by atoms with Crippen LogP contribution in [0.4, 0.5) is 11.4 Å². The van der Waals surface area contributed by atoms with E-state index in [0.29, 0.717) is 0 Å². The minimum absolute atomic E-state index is 0.127. The molecule has 0 atom stereocenters. The van der Waals surface area contributed by atoms with Gasteiger partial charge >= 0.3 is 0 Å². The summed E-state index contributed by atoms with van der Waals surface area (Å²) in [7, 11) is 1.86. The highest BCUT2D eigenvalue weighted by atomic mass is 16.6. The second-order valence-corrected chi connectivity index (χ2v) is 3.34. The van der Waals surface area contributed by atoms with Gasteiger partial charge in [0.15, 0.2) is 0 Å². The van der Waals surface area contributed by atoms with Gasteiger partial charge in [0.2, 0.25) is 0 Å². The lowest BCUT2D eigenvalue weighted by molar-refractivity contribution is -0.384. The number of benzene rings is 1. The van der Waals surface area contributed by atoms with Crippen molar-refractivity contribution >= 4 is 11.4 Å². The molecule has 0 aromatic heterocycles.